The molecule has 6 rings (SSSR count). The zero-order valence-corrected chi connectivity index (χ0v) is 47.5. The molecule has 2 aromatic carbocycles. The minimum Gasteiger partial charge on any atom is -0.458 e. The number of carbonyl (C=O) groups is 5. The highest BCUT2D eigenvalue weighted by atomic mass is 16.7. The fourth-order valence-electron chi connectivity index (χ4n) is 12.2. The molecule has 4 aliphatic heterocycles. The third-order valence-corrected chi connectivity index (χ3v) is 16.5. The van der Waals surface area contributed by atoms with Crippen LogP contribution in [0.1, 0.15) is 128 Å². The Hall–Kier alpha value is -5.18. The second-order valence-corrected chi connectivity index (χ2v) is 22.3. The van der Waals surface area contributed by atoms with E-state index in [-0.39, 0.29) is 50.3 Å². The Labute approximate surface area is 453 Å². The van der Waals surface area contributed by atoms with Crippen LogP contribution in [0.5, 0.6) is 0 Å². The number of hydrogen-bond acceptors (Lipinski definition) is 17. The summed E-state index contributed by atoms with van der Waals surface area (Å²) in [5.74, 6) is -5.57. The monoisotopic (exact) mass is 1080 g/mol. The molecule has 0 aliphatic carbocycles. The van der Waals surface area contributed by atoms with Crippen LogP contribution >= 0.6 is 0 Å². The van der Waals surface area contributed by atoms with Crippen LogP contribution in [-0.2, 0) is 57.0 Å². The van der Waals surface area contributed by atoms with Gasteiger partial charge in [-0.1, -0.05) is 69.2 Å². The lowest BCUT2D eigenvalue weighted by Gasteiger charge is -2.50. The first kappa shape index (κ1) is 61.0. The Morgan fingerprint density at radius 1 is 0.792 bits per heavy atom. The molecule has 20 heteroatoms. The number of rotatable bonds is 17. The molecule has 0 radical (unpaired) electrons. The lowest BCUT2D eigenvalue weighted by atomic mass is 9.73. The van der Waals surface area contributed by atoms with Crippen molar-refractivity contribution in [1.82, 2.24) is 9.80 Å². The maximum Gasteiger partial charge on any atom is 0.410 e. The molecule has 4 aliphatic rings. The molecule has 77 heavy (non-hydrogen) atoms. The van der Waals surface area contributed by atoms with E-state index < -0.39 is 120 Å². The quantitative estimate of drug-likeness (QED) is 0.0360. The van der Waals surface area contributed by atoms with Crippen molar-refractivity contribution >= 4 is 29.8 Å². The van der Waals surface area contributed by atoms with E-state index in [2.05, 4.69) is 10.0 Å². The summed E-state index contributed by atoms with van der Waals surface area (Å²) in [6.45, 7) is 18.4. The van der Waals surface area contributed by atoms with E-state index in [1.807, 2.05) is 60.5 Å². The van der Waals surface area contributed by atoms with Gasteiger partial charge in [-0.2, -0.15) is 0 Å². The van der Waals surface area contributed by atoms with Crippen molar-refractivity contribution in [3.05, 3.63) is 82.2 Å². The van der Waals surface area contributed by atoms with E-state index >= 15 is 9.59 Å². The van der Waals surface area contributed by atoms with Gasteiger partial charge in [0.2, 0.25) is 0 Å². The summed E-state index contributed by atoms with van der Waals surface area (Å²) in [5.41, 5.74) is 5.55. The van der Waals surface area contributed by atoms with E-state index in [0.29, 0.717) is 30.4 Å². The number of unbranched alkanes of at least 4 members (excludes halogenated alkanes) is 1. The number of azide groups is 1. The number of hydrogen-bond donors (Lipinski definition) is 0. The normalized spacial score (nSPS) is 37.2. The van der Waals surface area contributed by atoms with E-state index in [4.69, 9.17) is 52.9 Å². The molecule has 426 valence electrons. The van der Waals surface area contributed by atoms with Crippen molar-refractivity contribution in [1.29, 1.82) is 0 Å². The molecule has 0 spiro atoms. The number of likely N-dealkylation sites (N-methyl/N-ethyl adjacent to an activating group) is 1. The van der Waals surface area contributed by atoms with Gasteiger partial charge in [0.1, 0.15) is 17.5 Å². The number of ether oxygens (including phenoxy) is 10. The lowest BCUT2D eigenvalue weighted by molar-refractivity contribution is -0.318. The average Bonchev–Trinajstić information content (AvgIpc) is 3.68. The van der Waals surface area contributed by atoms with Crippen LogP contribution in [0.15, 0.2) is 65.8 Å². The Bertz CT molecular complexity index is 2380. The van der Waals surface area contributed by atoms with Crippen LogP contribution in [0, 0.1) is 23.7 Å². The Kier molecular flexibility index (Phi) is 20.8. The maximum absolute atomic E-state index is 15.2. The van der Waals surface area contributed by atoms with Gasteiger partial charge in [0.25, 0.3) is 0 Å². The predicted molar refractivity (Wildman–Crippen MR) is 282 cm³/mol. The molecular weight excluding hydrogens is 995 g/mol. The standard InChI is InChI=1S/C57H83N5O15/c1-15-42-57(10)47(62(54(67)77-57)29-23-22-28-59-60-58)35(4)44(63)33(2)31-55(8,68-13)48(76-53-46(41(61(11)12)30-34(3)70-53)74-51(65)39-24-18-16-19-25-39)36(5)45(37(6)50(64)72-42)73-43-32-56(9,69-14)49(38(7)71-43)75-52(66)40-26-20-17-21-27-40/h16-21,24-27,33-38,41-43,45-49,53H,15,22-23,28-32H2,1-14H3/t33-,34-,35+,36+,37-,38+,41+,42?,43+,45?,46-,47-,48-,49+,53-,55-,56-,57-/m1/s1. The molecular formula is C57H83N5O15. The summed E-state index contributed by atoms with van der Waals surface area (Å²) in [5, 5.41) is 3.65. The molecule has 0 bridgehead atoms. The minimum absolute atomic E-state index is 0.0410. The van der Waals surface area contributed by atoms with Gasteiger partial charge < -0.3 is 57.2 Å². The topological polar surface area (TPSA) is 233 Å². The van der Waals surface area contributed by atoms with Gasteiger partial charge in [0.15, 0.2) is 30.4 Å². The molecule has 2 unspecified atom stereocenters. The zero-order chi connectivity index (χ0) is 56.6. The van der Waals surface area contributed by atoms with Crippen molar-refractivity contribution in [3.8, 4) is 0 Å². The average molecular weight is 1080 g/mol. The summed E-state index contributed by atoms with van der Waals surface area (Å²) in [6.07, 6.45) is -7.53. The first-order valence-corrected chi connectivity index (χ1v) is 27.1. The molecule has 1 amide bonds. The van der Waals surface area contributed by atoms with Crippen molar-refractivity contribution in [2.75, 3.05) is 41.4 Å². The van der Waals surface area contributed by atoms with Gasteiger partial charge in [-0.15, -0.1) is 0 Å². The SMILES string of the molecule is CCC1OC(=O)[C@H](C)C(O[C@H]2C[C@@](C)(OC)[C@@H](OC(=O)c3ccccc3)[C@H](C)O2)[C@H](C)[C@@H](O[C@H]2O[C@H](C)C[C@H](N(C)C)[C@H]2OC(=O)c2ccccc2)[C@](C)(OC)C[C@@H](C)C(=O)[C@H](C)[C@H]2N(CCCCN=[N+]=[N-])C(=O)O[C@]12C. The molecule has 0 saturated carbocycles. The van der Waals surface area contributed by atoms with Gasteiger partial charge in [-0.3, -0.25) is 9.59 Å². The van der Waals surface area contributed by atoms with Gasteiger partial charge in [-0.25, -0.2) is 14.4 Å². The summed E-state index contributed by atoms with van der Waals surface area (Å²) >= 11 is 0. The molecule has 0 aromatic heterocycles. The number of nitrogens with zero attached hydrogens (tertiary/aromatic N) is 5. The van der Waals surface area contributed by atoms with E-state index in [9.17, 15) is 14.4 Å². The van der Waals surface area contributed by atoms with Crippen molar-refractivity contribution in [2.24, 2.45) is 28.8 Å². The molecule has 4 fully saturated rings. The largest absolute Gasteiger partial charge is 0.458 e. The summed E-state index contributed by atoms with van der Waals surface area (Å²) in [6, 6.07) is 16.0. The molecule has 4 saturated heterocycles. The number of methoxy groups -OCH3 is 2. The van der Waals surface area contributed by atoms with Gasteiger partial charge in [0.05, 0.1) is 59.1 Å². The second-order valence-electron chi connectivity index (χ2n) is 22.3. The van der Waals surface area contributed by atoms with Crippen molar-refractivity contribution < 1.29 is 71.3 Å². The minimum atomic E-state index is -1.50. The highest BCUT2D eigenvalue weighted by molar-refractivity contribution is 5.90. The Morgan fingerprint density at radius 3 is 1.96 bits per heavy atom. The predicted octanol–water partition coefficient (Wildman–Crippen LogP) is 8.73. The number of Topliss-reactive ketones (excluding diaryl/α,β-unsaturated/α-hetero) is 1. The van der Waals surface area contributed by atoms with Crippen LogP contribution in [-0.4, -0.2) is 165 Å². The van der Waals surface area contributed by atoms with E-state index in [1.54, 1.807) is 88.4 Å². The molecule has 18 atom stereocenters. The number of fused-ring (bicyclic) bond motifs is 1. The van der Waals surface area contributed by atoms with Crippen LogP contribution in [0.25, 0.3) is 10.4 Å². The van der Waals surface area contributed by atoms with E-state index in [1.165, 1.54) is 19.1 Å². The lowest BCUT2D eigenvalue weighted by Crippen LogP contribution is -2.62. The third-order valence-electron chi connectivity index (χ3n) is 16.5. The summed E-state index contributed by atoms with van der Waals surface area (Å²) < 4.78 is 65.8. The Morgan fingerprint density at radius 2 is 1.39 bits per heavy atom. The second kappa shape index (κ2) is 26.2. The number of esters is 3. The summed E-state index contributed by atoms with van der Waals surface area (Å²) in [4.78, 5) is 78.4. The van der Waals surface area contributed by atoms with Crippen molar-refractivity contribution in [2.45, 2.75) is 192 Å². The maximum atomic E-state index is 15.2. The van der Waals surface area contributed by atoms with Gasteiger partial charge in [-0.05, 0) is 118 Å². The van der Waals surface area contributed by atoms with Gasteiger partial charge >= 0.3 is 24.0 Å². The highest BCUT2D eigenvalue weighted by Gasteiger charge is 2.61. The first-order valence-electron chi connectivity index (χ1n) is 27.1. The third kappa shape index (κ3) is 13.6. The number of amides is 1. The Balaban J connectivity index is 1.47. The smallest absolute Gasteiger partial charge is 0.410 e. The van der Waals surface area contributed by atoms with Crippen molar-refractivity contribution in [3.63, 3.8) is 0 Å². The number of ketones is 1. The van der Waals surface area contributed by atoms with Gasteiger partial charge in [0, 0.05) is 56.4 Å². The molecule has 20 nitrogen and oxygen atoms in total. The highest BCUT2D eigenvalue weighted by Crippen LogP contribution is 2.45. The first-order chi connectivity index (χ1) is 36.5. The molecule has 0 N–H and O–H groups in total. The fourth-order valence-corrected chi connectivity index (χ4v) is 12.2. The molecule has 4 heterocycles. The number of carbonyl (C=O) groups excluding carboxylic acids is 5. The fraction of sp³-hybridized carbons (Fsp3) is 0.702. The summed E-state index contributed by atoms with van der Waals surface area (Å²) in [7, 11) is 6.84. The van der Waals surface area contributed by atoms with E-state index in [0.717, 1.165) is 0 Å². The zero-order valence-electron chi connectivity index (χ0n) is 47.5. The van der Waals surface area contributed by atoms with Crippen LogP contribution in [0.2, 0.25) is 0 Å². The molecule has 2 aromatic rings. The van der Waals surface area contributed by atoms with Crippen LogP contribution < -0.4 is 0 Å². The van der Waals surface area contributed by atoms with Crippen LogP contribution in [0.4, 0.5) is 4.79 Å². The van der Waals surface area contributed by atoms with Crippen LogP contribution in [0.3, 0.4) is 0 Å². The number of cyclic esters (lactones) is 1. The number of benzene rings is 2.